The SMILES string of the molecule is CCCOC(CCCCCBr)OCCC. The zero-order valence-electron chi connectivity index (χ0n) is 10.1. The Bertz CT molecular complexity index is 112. The molecule has 0 spiro atoms. The lowest BCUT2D eigenvalue weighted by molar-refractivity contribution is -0.146. The van der Waals surface area contributed by atoms with Crippen LogP contribution in [0.3, 0.4) is 0 Å². The number of alkyl halides is 1. The van der Waals surface area contributed by atoms with E-state index in [0.29, 0.717) is 0 Å². The van der Waals surface area contributed by atoms with Crippen molar-refractivity contribution in [3.63, 3.8) is 0 Å². The van der Waals surface area contributed by atoms with Gasteiger partial charge in [0.2, 0.25) is 0 Å². The fraction of sp³-hybridized carbons (Fsp3) is 1.00. The van der Waals surface area contributed by atoms with Gasteiger partial charge in [0, 0.05) is 18.5 Å². The molecule has 0 aliphatic carbocycles. The maximum Gasteiger partial charge on any atom is 0.157 e. The van der Waals surface area contributed by atoms with Crippen LogP contribution in [0, 0.1) is 0 Å². The summed E-state index contributed by atoms with van der Waals surface area (Å²) in [6.45, 7) is 5.88. The molecule has 0 unspecified atom stereocenters. The molecule has 0 bridgehead atoms. The highest BCUT2D eigenvalue weighted by Crippen LogP contribution is 2.10. The van der Waals surface area contributed by atoms with Gasteiger partial charge in [-0.1, -0.05) is 36.2 Å². The van der Waals surface area contributed by atoms with Gasteiger partial charge in [0.15, 0.2) is 6.29 Å². The molecule has 0 amide bonds. The molecule has 0 aromatic heterocycles. The summed E-state index contributed by atoms with van der Waals surface area (Å²) in [5, 5.41) is 1.10. The second kappa shape index (κ2) is 12.5. The molecule has 0 atom stereocenters. The van der Waals surface area contributed by atoms with Gasteiger partial charge in [-0.3, -0.25) is 0 Å². The van der Waals surface area contributed by atoms with Crippen LogP contribution in [0.5, 0.6) is 0 Å². The molecule has 0 heterocycles. The van der Waals surface area contributed by atoms with Crippen LogP contribution in [0.25, 0.3) is 0 Å². The maximum atomic E-state index is 5.64. The number of unbranched alkanes of at least 4 members (excludes halogenated alkanes) is 2. The van der Waals surface area contributed by atoms with Gasteiger partial charge in [-0.2, -0.15) is 0 Å². The number of hydrogen-bond donors (Lipinski definition) is 0. The molecular formula is C12H25BrO2. The van der Waals surface area contributed by atoms with E-state index >= 15 is 0 Å². The normalized spacial score (nSPS) is 11.2. The Kier molecular flexibility index (Phi) is 12.8. The Morgan fingerprint density at radius 3 is 2.00 bits per heavy atom. The Hall–Kier alpha value is 0.400. The molecule has 3 heteroatoms. The van der Waals surface area contributed by atoms with Crippen molar-refractivity contribution in [3.8, 4) is 0 Å². The zero-order chi connectivity index (χ0) is 11.4. The zero-order valence-corrected chi connectivity index (χ0v) is 11.7. The van der Waals surface area contributed by atoms with E-state index in [1.54, 1.807) is 0 Å². The van der Waals surface area contributed by atoms with Crippen LogP contribution in [0.4, 0.5) is 0 Å². The minimum atomic E-state index is 0.0280. The predicted molar refractivity (Wildman–Crippen MR) is 68.5 cm³/mol. The van der Waals surface area contributed by atoms with E-state index in [1.807, 2.05) is 0 Å². The highest BCUT2D eigenvalue weighted by atomic mass is 79.9. The average molecular weight is 281 g/mol. The first-order valence-electron chi connectivity index (χ1n) is 6.14. The minimum Gasteiger partial charge on any atom is -0.353 e. The molecule has 15 heavy (non-hydrogen) atoms. The third-order valence-corrected chi connectivity index (χ3v) is 2.65. The van der Waals surface area contributed by atoms with Crippen molar-refractivity contribution in [2.45, 2.75) is 58.7 Å². The fourth-order valence-electron chi connectivity index (χ4n) is 1.30. The second-order valence-electron chi connectivity index (χ2n) is 3.71. The quantitative estimate of drug-likeness (QED) is 0.322. The van der Waals surface area contributed by atoms with Crippen LogP contribution in [-0.2, 0) is 9.47 Å². The third kappa shape index (κ3) is 10.7. The first kappa shape index (κ1) is 15.4. The van der Waals surface area contributed by atoms with Crippen LogP contribution >= 0.6 is 15.9 Å². The standard InChI is InChI=1S/C12H25BrO2/c1-3-10-14-12(15-11-4-2)8-6-5-7-9-13/h12H,3-11H2,1-2H3. The van der Waals surface area contributed by atoms with Crippen molar-refractivity contribution < 1.29 is 9.47 Å². The van der Waals surface area contributed by atoms with E-state index in [-0.39, 0.29) is 6.29 Å². The lowest BCUT2D eigenvalue weighted by Crippen LogP contribution is -2.18. The Balaban J connectivity index is 3.49. The van der Waals surface area contributed by atoms with E-state index < -0.39 is 0 Å². The van der Waals surface area contributed by atoms with E-state index in [9.17, 15) is 0 Å². The predicted octanol–water partition coefficient (Wildman–Crippen LogP) is 4.12. The first-order valence-corrected chi connectivity index (χ1v) is 7.26. The summed E-state index contributed by atoms with van der Waals surface area (Å²) in [6.07, 6.45) is 6.89. The summed E-state index contributed by atoms with van der Waals surface area (Å²) in [5.41, 5.74) is 0. The van der Waals surface area contributed by atoms with Crippen LogP contribution in [0.1, 0.15) is 52.4 Å². The molecule has 0 saturated carbocycles. The number of hydrogen-bond acceptors (Lipinski definition) is 2. The van der Waals surface area contributed by atoms with E-state index in [0.717, 1.165) is 37.8 Å². The van der Waals surface area contributed by atoms with Crippen molar-refractivity contribution in [3.05, 3.63) is 0 Å². The monoisotopic (exact) mass is 280 g/mol. The number of ether oxygens (including phenoxy) is 2. The average Bonchev–Trinajstić information content (AvgIpc) is 2.27. The molecule has 0 fully saturated rings. The molecule has 0 saturated heterocycles. The Morgan fingerprint density at radius 1 is 0.933 bits per heavy atom. The van der Waals surface area contributed by atoms with E-state index in [2.05, 4.69) is 29.8 Å². The first-order chi connectivity index (χ1) is 7.35. The molecular weight excluding hydrogens is 256 g/mol. The molecule has 0 aromatic carbocycles. The van der Waals surface area contributed by atoms with Gasteiger partial charge >= 0.3 is 0 Å². The molecule has 0 aromatic rings. The smallest absolute Gasteiger partial charge is 0.157 e. The van der Waals surface area contributed by atoms with Gasteiger partial charge in [-0.05, 0) is 32.1 Å². The lowest BCUT2D eigenvalue weighted by atomic mass is 10.2. The van der Waals surface area contributed by atoms with Gasteiger partial charge < -0.3 is 9.47 Å². The van der Waals surface area contributed by atoms with Crippen molar-refractivity contribution in [1.29, 1.82) is 0 Å². The molecule has 0 radical (unpaired) electrons. The summed E-state index contributed by atoms with van der Waals surface area (Å²) >= 11 is 3.44. The topological polar surface area (TPSA) is 18.5 Å². The van der Waals surface area contributed by atoms with Crippen LogP contribution in [0.15, 0.2) is 0 Å². The summed E-state index contributed by atoms with van der Waals surface area (Å²) in [4.78, 5) is 0. The molecule has 0 N–H and O–H groups in total. The van der Waals surface area contributed by atoms with Gasteiger partial charge in [-0.25, -0.2) is 0 Å². The van der Waals surface area contributed by atoms with E-state index in [1.165, 1.54) is 19.3 Å². The molecule has 0 aliphatic heterocycles. The van der Waals surface area contributed by atoms with Crippen LogP contribution in [-0.4, -0.2) is 24.8 Å². The van der Waals surface area contributed by atoms with Crippen molar-refractivity contribution in [2.24, 2.45) is 0 Å². The molecule has 0 aliphatic rings. The lowest BCUT2D eigenvalue weighted by Gasteiger charge is -2.17. The highest BCUT2D eigenvalue weighted by Gasteiger charge is 2.07. The second-order valence-corrected chi connectivity index (χ2v) is 4.50. The summed E-state index contributed by atoms with van der Waals surface area (Å²) in [6, 6.07) is 0. The largest absolute Gasteiger partial charge is 0.353 e. The third-order valence-electron chi connectivity index (χ3n) is 2.09. The molecule has 2 nitrogen and oxygen atoms in total. The van der Waals surface area contributed by atoms with Crippen molar-refractivity contribution >= 4 is 15.9 Å². The van der Waals surface area contributed by atoms with Crippen LogP contribution in [0.2, 0.25) is 0 Å². The van der Waals surface area contributed by atoms with Crippen molar-refractivity contribution in [1.82, 2.24) is 0 Å². The van der Waals surface area contributed by atoms with Gasteiger partial charge in [-0.15, -0.1) is 0 Å². The number of halogens is 1. The maximum absolute atomic E-state index is 5.64. The minimum absolute atomic E-state index is 0.0280. The summed E-state index contributed by atoms with van der Waals surface area (Å²) in [7, 11) is 0. The molecule has 92 valence electrons. The Morgan fingerprint density at radius 2 is 1.53 bits per heavy atom. The van der Waals surface area contributed by atoms with Gasteiger partial charge in [0.05, 0.1) is 0 Å². The van der Waals surface area contributed by atoms with Crippen LogP contribution < -0.4 is 0 Å². The van der Waals surface area contributed by atoms with Gasteiger partial charge in [0.1, 0.15) is 0 Å². The summed E-state index contributed by atoms with van der Waals surface area (Å²) in [5.74, 6) is 0. The van der Waals surface area contributed by atoms with Gasteiger partial charge in [0.25, 0.3) is 0 Å². The Labute approximate surface area is 103 Å². The van der Waals surface area contributed by atoms with Crippen molar-refractivity contribution in [2.75, 3.05) is 18.5 Å². The summed E-state index contributed by atoms with van der Waals surface area (Å²) < 4.78 is 11.3. The van der Waals surface area contributed by atoms with E-state index in [4.69, 9.17) is 9.47 Å². The molecule has 0 rings (SSSR count). The highest BCUT2D eigenvalue weighted by molar-refractivity contribution is 9.09. The fourth-order valence-corrected chi connectivity index (χ4v) is 1.69. The number of rotatable bonds is 11.